The van der Waals surface area contributed by atoms with Crippen molar-refractivity contribution in [2.75, 3.05) is 14.2 Å². The van der Waals surface area contributed by atoms with Gasteiger partial charge in [-0.3, -0.25) is 10.1 Å². The zero-order valence-electron chi connectivity index (χ0n) is 12.9. The predicted octanol–water partition coefficient (Wildman–Crippen LogP) is 2.74. The number of nitrogens with zero attached hydrogens (tertiary/aromatic N) is 2. The van der Waals surface area contributed by atoms with Crippen LogP contribution in [0.1, 0.15) is 11.1 Å². The van der Waals surface area contributed by atoms with Crippen molar-refractivity contribution < 1.29 is 14.4 Å². The van der Waals surface area contributed by atoms with Crippen molar-refractivity contribution in [1.82, 2.24) is 5.43 Å². The average molecular weight is 315 g/mol. The van der Waals surface area contributed by atoms with Gasteiger partial charge in [0.15, 0.2) is 11.5 Å². The van der Waals surface area contributed by atoms with Crippen LogP contribution in [0.3, 0.4) is 0 Å². The molecular weight excluding hydrogens is 298 g/mol. The highest BCUT2D eigenvalue weighted by Crippen LogP contribution is 2.27. The fourth-order valence-corrected chi connectivity index (χ4v) is 2.01. The Bertz CT molecular complexity index is 716. The minimum absolute atomic E-state index is 0.0177. The molecule has 0 saturated heterocycles. The number of hydrogen-bond donors (Lipinski definition) is 1. The monoisotopic (exact) mass is 315 g/mol. The number of para-hydroxylation sites is 1. The third-order valence-electron chi connectivity index (χ3n) is 3.16. The summed E-state index contributed by atoms with van der Waals surface area (Å²) in [6.45, 7) is 0.456. The van der Waals surface area contributed by atoms with Gasteiger partial charge in [-0.25, -0.2) is 0 Å². The molecule has 120 valence electrons. The molecular formula is C16H17N3O4. The molecule has 0 heterocycles. The van der Waals surface area contributed by atoms with Crippen LogP contribution in [-0.2, 0) is 6.54 Å². The molecule has 2 rings (SSSR count). The summed E-state index contributed by atoms with van der Waals surface area (Å²) in [4.78, 5) is 10.5. The Hall–Kier alpha value is -3.09. The van der Waals surface area contributed by atoms with Crippen molar-refractivity contribution in [2.24, 2.45) is 5.10 Å². The van der Waals surface area contributed by atoms with Gasteiger partial charge >= 0.3 is 0 Å². The number of hydrazone groups is 1. The predicted molar refractivity (Wildman–Crippen MR) is 87.1 cm³/mol. The molecule has 2 aromatic carbocycles. The fourth-order valence-electron chi connectivity index (χ4n) is 2.01. The van der Waals surface area contributed by atoms with E-state index in [1.807, 2.05) is 18.2 Å². The van der Waals surface area contributed by atoms with E-state index in [0.717, 1.165) is 5.56 Å². The van der Waals surface area contributed by atoms with Gasteiger partial charge in [-0.15, -0.1) is 0 Å². The summed E-state index contributed by atoms with van der Waals surface area (Å²) in [7, 11) is 3.15. The van der Waals surface area contributed by atoms with Crippen LogP contribution in [0.5, 0.6) is 11.5 Å². The van der Waals surface area contributed by atoms with Gasteiger partial charge in [-0.1, -0.05) is 18.2 Å². The first-order valence-corrected chi connectivity index (χ1v) is 6.86. The van der Waals surface area contributed by atoms with Crippen LogP contribution in [-0.4, -0.2) is 25.4 Å². The van der Waals surface area contributed by atoms with E-state index in [2.05, 4.69) is 10.5 Å². The third kappa shape index (κ3) is 4.19. The molecule has 0 saturated carbocycles. The number of benzene rings is 2. The Morgan fingerprint density at radius 3 is 2.61 bits per heavy atom. The molecule has 0 unspecified atom stereocenters. The van der Waals surface area contributed by atoms with Crippen LogP contribution >= 0.6 is 0 Å². The van der Waals surface area contributed by atoms with E-state index in [1.165, 1.54) is 12.3 Å². The van der Waals surface area contributed by atoms with Gasteiger partial charge in [-0.05, 0) is 23.8 Å². The molecule has 0 radical (unpaired) electrons. The summed E-state index contributed by atoms with van der Waals surface area (Å²) in [6.07, 6.45) is 1.43. The molecule has 0 aliphatic heterocycles. The Morgan fingerprint density at radius 1 is 1.17 bits per heavy atom. The van der Waals surface area contributed by atoms with Crippen LogP contribution in [0.25, 0.3) is 0 Å². The molecule has 0 bridgehead atoms. The van der Waals surface area contributed by atoms with Gasteiger partial charge in [0, 0.05) is 6.07 Å². The maximum Gasteiger partial charge on any atom is 0.278 e. The van der Waals surface area contributed by atoms with Gasteiger partial charge in [0.1, 0.15) is 0 Å². The van der Waals surface area contributed by atoms with Crippen molar-refractivity contribution in [1.29, 1.82) is 0 Å². The van der Waals surface area contributed by atoms with Crippen LogP contribution in [0.2, 0.25) is 0 Å². The SMILES string of the molecule is COc1ccc(CN/N=C/c2ccccc2[N+](=O)[O-])cc1OC. The summed E-state index contributed by atoms with van der Waals surface area (Å²) < 4.78 is 10.4. The minimum Gasteiger partial charge on any atom is -0.493 e. The lowest BCUT2D eigenvalue weighted by atomic mass is 10.2. The molecule has 0 aliphatic rings. The second-order valence-electron chi connectivity index (χ2n) is 4.60. The highest BCUT2D eigenvalue weighted by molar-refractivity contribution is 5.84. The largest absolute Gasteiger partial charge is 0.493 e. The zero-order chi connectivity index (χ0) is 16.7. The van der Waals surface area contributed by atoms with Gasteiger partial charge in [0.05, 0.1) is 37.5 Å². The number of nitrogens with one attached hydrogen (secondary N) is 1. The second kappa shape index (κ2) is 7.79. The number of methoxy groups -OCH3 is 2. The molecule has 7 heteroatoms. The maximum absolute atomic E-state index is 10.9. The molecule has 0 aliphatic carbocycles. The zero-order valence-corrected chi connectivity index (χ0v) is 12.9. The van der Waals surface area contributed by atoms with Gasteiger partial charge in [0.25, 0.3) is 5.69 Å². The summed E-state index contributed by atoms with van der Waals surface area (Å²) >= 11 is 0. The van der Waals surface area contributed by atoms with Crippen LogP contribution in [0, 0.1) is 10.1 Å². The van der Waals surface area contributed by atoms with E-state index in [-0.39, 0.29) is 5.69 Å². The standard InChI is InChI=1S/C16H17N3O4/c1-22-15-8-7-12(9-16(15)23-2)10-17-18-11-13-5-3-4-6-14(13)19(20)21/h3-9,11,17H,10H2,1-2H3/b18-11+. The first-order valence-electron chi connectivity index (χ1n) is 6.86. The highest BCUT2D eigenvalue weighted by atomic mass is 16.6. The minimum atomic E-state index is -0.435. The van der Waals surface area contributed by atoms with Gasteiger partial charge in [-0.2, -0.15) is 5.10 Å². The molecule has 0 fully saturated rings. The highest BCUT2D eigenvalue weighted by Gasteiger charge is 2.09. The second-order valence-corrected chi connectivity index (χ2v) is 4.60. The summed E-state index contributed by atoms with van der Waals surface area (Å²) in [5.41, 5.74) is 4.26. The molecule has 0 amide bonds. The Kier molecular flexibility index (Phi) is 5.51. The lowest BCUT2D eigenvalue weighted by Gasteiger charge is -2.09. The molecule has 7 nitrogen and oxygen atoms in total. The number of hydrogen-bond acceptors (Lipinski definition) is 6. The average Bonchev–Trinajstić information content (AvgIpc) is 2.58. The topological polar surface area (TPSA) is 86.0 Å². The maximum atomic E-state index is 10.9. The van der Waals surface area contributed by atoms with E-state index < -0.39 is 4.92 Å². The third-order valence-corrected chi connectivity index (χ3v) is 3.16. The molecule has 1 N–H and O–H groups in total. The van der Waals surface area contributed by atoms with E-state index in [0.29, 0.717) is 23.6 Å². The van der Waals surface area contributed by atoms with Crippen molar-refractivity contribution >= 4 is 11.9 Å². The number of nitro groups is 1. The molecule has 23 heavy (non-hydrogen) atoms. The summed E-state index contributed by atoms with van der Waals surface area (Å²) in [6, 6.07) is 12.0. The lowest BCUT2D eigenvalue weighted by Crippen LogP contribution is -2.06. The van der Waals surface area contributed by atoms with Gasteiger partial charge < -0.3 is 14.9 Å². The van der Waals surface area contributed by atoms with Gasteiger partial charge in [0.2, 0.25) is 0 Å². The van der Waals surface area contributed by atoms with Crippen molar-refractivity contribution in [3.05, 3.63) is 63.7 Å². The number of ether oxygens (including phenoxy) is 2. The Balaban J connectivity index is 2.01. The fraction of sp³-hybridized carbons (Fsp3) is 0.188. The first kappa shape index (κ1) is 16.3. The van der Waals surface area contributed by atoms with E-state index in [9.17, 15) is 10.1 Å². The Morgan fingerprint density at radius 2 is 1.91 bits per heavy atom. The lowest BCUT2D eigenvalue weighted by molar-refractivity contribution is -0.385. The van der Waals surface area contributed by atoms with Crippen molar-refractivity contribution in [2.45, 2.75) is 6.54 Å². The first-order chi connectivity index (χ1) is 11.2. The molecule has 0 spiro atoms. The summed E-state index contributed by atoms with van der Waals surface area (Å²) in [5.74, 6) is 1.29. The molecule has 0 atom stereocenters. The Labute approximate surface area is 133 Å². The van der Waals surface area contributed by atoms with Crippen molar-refractivity contribution in [3.8, 4) is 11.5 Å². The van der Waals surface area contributed by atoms with Crippen LogP contribution in [0.4, 0.5) is 5.69 Å². The van der Waals surface area contributed by atoms with Crippen LogP contribution in [0.15, 0.2) is 47.6 Å². The number of rotatable bonds is 7. The van der Waals surface area contributed by atoms with E-state index in [1.54, 1.807) is 32.4 Å². The van der Waals surface area contributed by atoms with E-state index >= 15 is 0 Å². The van der Waals surface area contributed by atoms with Crippen molar-refractivity contribution in [3.63, 3.8) is 0 Å². The number of nitro benzene ring substituents is 1. The quantitative estimate of drug-likeness (QED) is 0.482. The summed E-state index contributed by atoms with van der Waals surface area (Å²) in [5, 5.41) is 14.9. The molecule has 2 aromatic rings. The van der Waals surface area contributed by atoms with Crippen LogP contribution < -0.4 is 14.9 Å². The molecule has 0 aromatic heterocycles. The smallest absolute Gasteiger partial charge is 0.278 e. The van der Waals surface area contributed by atoms with E-state index in [4.69, 9.17) is 9.47 Å². The normalized spacial score (nSPS) is 10.5.